The first-order valence-corrected chi connectivity index (χ1v) is 13.9. The molecular formula is C46H30O. The van der Waals surface area contributed by atoms with Crippen LogP contribution in [0.25, 0.3) is 88.3 Å². The van der Waals surface area contributed by atoms with Gasteiger partial charge in [0.1, 0.15) is 11.3 Å². The summed E-state index contributed by atoms with van der Waals surface area (Å²) in [5.74, 6) is -0.708. The molecule has 0 aliphatic heterocycles. The zero-order valence-corrected chi connectivity index (χ0v) is 23.6. The first-order valence-electron chi connectivity index (χ1n) is 27.4. The molecule has 0 aliphatic carbocycles. The summed E-state index contributed by atoms with van der Waals surface area (Å²) in [7, 11) is 0. The summed E-state index contributed by atoms with van der Waals surface area (Å²) < 4.78 is 246. The number of rotatable bonds is 5. The SMILES string of the molecule is [2H]c1c([2H])c([2H])c(-c2ccc3oc(-c4c([2H])c([2H])c(-c5c([2H])c([2H])c([2H])c([2H])c5[2H])c([2H])c4[2H])c(-c4c5c([2H])c([2H])c([2H])c([2H])c5c(-c5c([2H])c([2H])c([2H])c([2H])c5[2H])c5c([2H])c([2H])c([2H])c([2H])c45)c3c2)c([2H])c1[2H]. The number of benzene rings is 8. The number of hydrogen-bond acceptors (Lipinski definition) is 1. The van der Waals surface area contributed by atoms with Crippen LogP contribution in [-0.2, 0) is 0 Å². The molecule has 8 aromatic carbocycles. The molecule has 1 nitrogen and oxygen atoms in total. The number of fused-ring (bicyclic) bond motifs is 3. The van der Waals surface area contributed by atoms with Crippen molar-refractivity contribution >= 4 is 32.5 Å². The fourth-order valence-corrected chi connectivity index (χ4v) is 5.50. The Morgan fingerprint density at radius 3 is 1.30 bits per heavy atom. The topological polar surface area (TPSA) is 13.1 Å². The monoisotopic (exact) mass is 625 g/mol. The van der Waals surface area contributed by atoms with Crippen LogP contribution in [0.4, 0.5) is 0 Å². The largest absolute Gasteiger partial charge is 0.455 e. The summed E-state index contributed by atoms with van der Waals surface area (Å²) in [5, 5.41) is -2.90. The van der Waals surface area contributed by atoms with E-state index in [-0.39, 0.29) is 22.1 Å². The summed E-state index contributed by atoms with van der Waals surface area (Å²) >= 11 is 0. The molecule has 0 atom stereocenters. The van der Waals surface area contributed by atoms with Crippen molar-refractivity contribution < 1.29 is 41.4 Å². The minimum Gasteiger partial charge on any atom is -0.455 e. The molecule has 47 heavy (non-hydrogen) atoms. The molecule has 1 aromatic heterocycles. The van der Waals surface area contributed by atoms with Crippen molar-refractivity contribution in [1.29, 1.82) is 0 Å². The Bertz CT molecular complexity index is 3900. The molecule has 0 unspecified atom stereocenters. The molecule has 0 saturated carbocycles. The summed E-state index contributed by atoms with van der Waals surface area (Å²) in [6.45, 7) is 0. The van der Waals surface area contributed by atoms with Crippen molar-refractivity contribution in [1.82, 2.24) is 0 Å². The molecule has 0 saturated heterocycles. The first-order chi connectivity index (χ1) is 34.5. The molecule has 9 aromatic rings. The van der Waals surface area contributed by atoms with Gasteiger partial charge >= 0.3 is 0 Å². The first kappa shape index (κ1) is 11.3. The quantitative estimate of drug-likeness (QED) is 0.173. The van der Waals surface area contributed by atoms with Gasteiger partial charge in [-0.1, -0.05) is 169 Å². The molecule has 0 amide bonds. The predicted molar refractivity (Wildman–Crippen MR) is 198 cm³/mol. The van der Waals surface area contributed by atoms with Crippen LogP contribution in [-0.4, -0.2) is 0 Å². The van der Waals surface area contributed by atoms with Gasteiger partial charge in [-0.05, 0) is 67.1 Å². The van der Waals surface area contributed by atoms with E-state index in [4.69, 9.17) is 30.5 Å². The van der Waals surface area contributed by atoms with Crippen LogP contribution in [0.5, 0.6) is 0 Å². The molecule has 0 aliphatic rings. The van der Waals surface area contributed by atoms with E-state index < -0.39 is 229 Å². The van der Waals surface area contributed by atoms with Crippen molar-refractivity contribution in [3.05, 3.63) is 181 Å². The van der Waals surface area contributed by atoms with E-state index in [1.165, 1.54) is 18.2 Å². The predicted octanol–water partition coefficient (Wildman–Crippen LogP) is 13.1. The molecule has 0 radical (unpaired) electrons. The highest BCUT2D eigenvalue weighted by molar-refractivity contribution is 6.25. The summed E-state index contributed by atoms with van der Waals surface area (Å²) in [4.78, 5) is 0. The van der Waals surface area contributed by atoms with Gasteiger partial charge in [-0.3, -0.25) is 0 Å². The van der Waals surface area contributed by atoms with Crippen LogP contribution >= 0.6 is 0 Å². The molecule has 0 spiro atoms. The zero-order valence-electron chi connectivity index (χ0n) is 50.6. The fourth-order valence-electron chi connectivity index (χ4n) is 5.50. The highest BCUT2D eigenvalue weighted by Crippen LogP contribution is 2.50. The van der Waals surface area contributed by atoms with Gasteiger partial charge in [-0.15, -0.1) is 0 Å². The molecule has 1 heteroatoms. The molecule has 0 N–H and O–H groups in total. The van der Waals surface area contributed by atoms with Crippen LogP contribution in [0.15, 0.2) is 186 Å². The molecular weight excluding hydrogens is 569 g/mol. The van der Waals surface area contributed by atoms with Gasteiger partial charge in [0, 0.05) is 22.1 Å². The average Bonchev–Trinajstić information content (AvgIpc) is 3.75. The lowest BCUT2D eigenvalue weighted by Crippen LogP contribution is -1.91. The molecule has 9 rings (SSSR count). The Labute approximate surface area is 311 Å². The second kappa shape index (κ2) is 11.3. The van der Waals surface area contributed by atoms with E-state index in [1.807, 2.05) is 0 Å². The van der Waals surface area contributed by atoms with Crippen molar-refractivity contribution in [2.45, 2.75) is 0 Å². The standard InChI is InChI=1S/C46H30O/c1-4-14-31(15-5-1)33-24-26-35(27-25-33)46-45(41-30-36(28-29-42(41)47-46)32-16-6-2-7-17-32)44-39-22-12-10-20-37(39)43(34-18-8-3-9-19-34)38-21-11-13-23-40(38)44/h1-30H/i1D,2D,3D,4D,5D,6D,7D,8D,9D,10D,11D,12D,13D,14D,15D,16D,17D,18D,19D,20D,21D,22D,23D,24D,25D,26D,27D. The van der Waals surface area contributed by atoms with Gasteiger partial charge in [-0.2, -0.15) is 0 Å². The van der Waals surface area contributed by atoms with Crippen LogP contribution in [0.3, 0.4) is 0 Å². The van der Waals surface area contributed by atoms with Crippen LogP contribution in [0.2, 0.25) is 0 Å². The molecule has 1 heterocycles. The summed E-state index contributed by atoms with van der Waals surface area (Å²) in [6.07, 6.45) is 0. The van der Waals surface area contributed by atoms with Crippen LogP contribution in [0, 0.1) is 0 Å². The van der Waals surface area contributed by atoms with Gasteiger partial charge in [0.2, 0.25) is 0 Å². The third-order valence-electron chi connectivity index (χ3n) is 7.45. The van der Waals surface area contributed by atoms with E-state index >= 15 is 0 Å². The minimum absolute atomic E-state index is 0.132. The van der Waals surface area contributed by atoms with Crippen molar-refractivity contribution in [3.63, 3.8) is 0 Å². The Morgan fingerprint density at radius 1 is 0.319 bits per heavy atom. The normalized spacial score (nSPS) is 19.4. The number of hydrogen-bond donors (Lipinski definition) is 0. The Kier molecular flexibility index (Phi) is 2.71. The lowest BCUT2D eigenvalue weighted by molar-refractivity contribution is 0.632. The summed E-state index contributed by atoms with van der Waals surface area (Å²) in [5.41, 5.74) is -5.50. The maximum atomic E-state index is 9.56. The van der Waals surface area contributed by atoms with Crippen LogP contribution in [0.1, 0.15) is 37.0 Å². The van der Waals surface area contributed by atoms with Crippen LogP contribution < -0.4 is 0 Å². The molecule has 0 fully saturated rings. The fraction of sp³-hybridized carbons (Fsp3) is 0. The highest BCUT2D eigenvalue weighted by atomic mass is 16.3. The maximum absolute atomic E-state index is 9.56. The molecule has 220 valence electrons. The molecule has 0 bridgehead atoms. The highest BCUT2D eigenvalue weighted by Gasteiger charge is 2.24. The lowest BCUT2D eigenvalue weighted by atomic mass is 9.84. The van der Waals surface area contributed by atoms with Crippen molar-refractivity contribution in [2.75, 3.05) is 0 Å². The maximum Gasteiger partial charge on any atom is 0.143 e. The van der Waals surface area contributed by atoms with Gasteiger partial charge in [-0.25, -0.2) is 0 Å². The third-order valence-corrected chi connectivity index (χ3v) is 7.45. The third kappa shape index (κ3) is 4.64. The van der Waals surface area contributed by atoms with E-state index in [1.54, 1.807) is 0 Å². The Balaban J connectivity index is 1.61. The van der Waals surface area contributed by atoms with Gasteiger partial charge in [0.15, 0.2) is 0 Å². The lowest BCUT2D eigenvalue weighted by Gasteiger charge is -2.18. The number of furan rings is 1. The van der Waals surface area contributed by atoms with Gasteiger partial charge in [0.05, 0.1) is 37.0 Å². The minimum atomic E-state index is -0.993. The van der Waals surface area contributed by atoms with E-state index in [0.717, 1.165) is 0 Å². The Morgan fingerprint density at radius 2 is 0.745 bits per heavy atom. The van der Waals surface area contributed by atoms with Crippen molar-refractivity contribution in [3.8, 4) is 55.8 Å². The van der Waals surface area contributed by atoms with Gasteiger partial charge < -0.3 is 4.42 Å². The van der Waals surface area contributed by atoms with Crippen molar-refractivity contribution in [2.24, 2.45) is 0 Å². The van der Waals surface area contributed by atoms with E-state index in [2.05, 4.69) is 0 Å². The van der Waals surface area contributed by atoms with E-state index in [9.17, 15) is 11.0 Å². The Hall–Kier alpha value is -6.18. The summed E-state index contributed by atoms with van der Waals surface area (Å²) in [6, 6.07) is -20.4. The average molecular weight is 626 g/mol. The zero-order chi connectivity index (χ0) is 54.7. The van der Waals surface area contributed by atoms with Gasteiger partial charge in [0.25, 0.3) is 0 Å². The van der Waals surface area contributed by atoms with E-state index in [0.29, 0.717) is 0 Å². The second-order valence-electron chi connectivity index (χ2n) is 10.0. The second-order valence-corrected chi connectivity index (χ2v) is 10.0. The smallest absolute Gasteiger partial charge is 0.143 e.